The zero-order chi connectivity index (χ0) is 15.8. The maximum Gasteiger partial charge on any atom is 0.255 e. The van der Waals surface area contributed by atoms with Gasteiger partial charge < -0.3 is 14.5 Å². The zero-order valence-corrected chi connectivity index (χ0v) is 15.1. The molecule has 0 atom stereocenters. The Morgan fingerprint density at radius 3 is 2.62 bits per heavy atom. The van der Waals surface area contributed by atoms with E-state index in [0.717, 1.165) is 17.4 Å². The maximum absolute atomic E-state index is 12.7. The molecule has 0 fully saturated rings. The molecule has 21 heavy (non-hydrogen) atoms. The van der Waals surface area contributed by atoms with Crippen LogP contribution in [0.3, 0.4) is 0 Å². The van der Waals surface area contributed by atoms with Crippen LogP contribution in [-0.2, 0) is 4.74 Å². The van der Waals surface area contributed by atoms with Crippen LogP contribution in [0.25, 0.3) is 0 Å². The number of hydrogen-bond donors (Lipinski definition) is 0. The lowest BCUT2D eigenvalue weighted by Crippen LogP contribution is -2.36. The first-order valence-electron chi connectivity index (χ1n) is 6.84. The molecular formula is C15H22BrClN2O2. The van der Waals surface area contributed by atoms with E-state index in [9.17, 15) is 4.79 Å². The molecule has 0 aliphatic carbocycles. The second-order valence-electron chi connectivity index (χ2n) is 5.04. The molecule has 0 N–H and O–H groups in total. The van der Waals surface area contributed by atoms with Gasteiger partial charge in [0.05, 0.1) is 17.2 Å². The van der Waals surface area contributed by atoms with Crippen LogP contribution in [-0.4, -0.2) is 63.2 Å². The van der Waals surface area contributed by atoms with Gasteiger partial charge in [0.2, 0.25) is 0 Å². The van der Waals surface area contributed by atoms with Crippen LogP contribution in [0.2, 0.25) is 5.02 Å². The molecule has 0 unspecified atom stereocenters. The van der Waals surface area contributed by atoms with Gasteiger partial charge in [-0.2, -0.15) is 0 Å². The van der Waals surface area contributed by atoms with E-state index < -0.39 is 0 Å². The van der Waals surface area contributed by atoms with Crippen molar-refractivity contribution in [2.75, 3.05) is 47.4 Å². The number of nitrogens with zero attached hydrogens (tertiary/aromatic N) is 2. The van der Waals surface area contributed by atoms with E-state index in [4.69, 9.17) is 16.3 Å². The summed E-state index contributed by atoms with van der Waals surface area (Å²) < 4.78 is 5.82. The summed E-state index contributed by atoms with van der Waals surface area (Å²) >= 11 is 9.57. The largest absolute Gasteiger partial charge is 0.383 e. The van der Waals surface area contributed by atoms with Crippen molar-refractivity contribution in [3.63, 3.8) is 0 Å². The minimum absolute atomic E-state index is 0.0582. The van der Waals surface area contributed by atoms with E-state index in [0.29, 0.717) is 30.3 Å². The van der Waals surface area contributed by atoms with Crippen LogP contribution < -0.4 is 0 Å². The number of carbonyl (C=O) groups is 1. The molecule has 0 heterocycles. The first-order chi connectivity index (χ1) is 9.97. The van der Waals surface area contributed by atoms with E-state index in [1.165, 1.54) is 0 Å². The maximum atomic E-state index is 12.7. The lowest BCUT2D eigenvalue weighted by atomic mass is 10.2. The quantitative estimate of drug-likeness (QED) is 0.698. The van der Waals surface area contributed by atoms with Crippen molar-refractivity contribution >= 4 is 33.4 Å². The monoisotopic (exact) mass is 376 g/mol. The standard InChI is InChI=1S/C15H22BrClN2O2/c1-18(2)8-5-9-19(10-11-21-3)15(20)12-6-4-7-13(16)14(12)17/h4,6-7H,5,8-11H2,1-3H3. The fourth-order valence-electron chi connectivity index (χ4n) is 1.93. The van der Waals surface area contributed by atoms with Gasteiger partial charge in [0.1, 0.15) is 0 Å². The Kier molecular flexibility index (Phi) is 8.26. The molecule has 0 bridgehead atoms. The summed E-state index contributed by atoms with van der Waals surface area (Å²) in [4.78, 5) is 16.5. The fraction of sp³-hybridized carbons (Fsp3) is 0.533. The number of halogens is 2. The van der Waals surface area contributed by atoms with Gasteiger partial charge in [-0.1, -0.05) is 17.7 Å². The average Bonchev–Trinajstić information content (AvgIpc) is 2.44. The Morgan fingerprint density at radius 2 is 2.00 bits per heavy atom. The predicted octanol–water partition coefficient (Wildman–Crippen LogP) is 3.14. The van der Waals surface area contributed by atoms with Crippen molar-refractivity contribution in [3.05, 3.63) is 33.3 Å². The third kappa shape index (κ3) is 5.94. The lowest BCUT2D eigenvalue weighted by Gasteiger charge is -2.24. The summed E-state index contributed by atoms with van der Waals surface area (Å²) in [5.74, 6) is -0.0582. The molecule has 1 amide bonds. The molecular weight excluding hydrogens is 356 g/mol. The van der Waals surface area contributed by atoms with Gasteiger partial charge in [-0.25, -0.2) is 0 Å². The molecule has 4 nitrogen and oxygen atoms in total. The zero-order valence-electron chi connectivity index (χ0n) is 12.7. The van der Waals surface area contributed by atoms with Crippen molar-refractivity contribution in [2.24, 2.45) is 0 Å². The normalized spacial score (nSPS) is 11.0. The van der Waals surface area contributed by atoms with Crippen LogP contribution in [0.1, 0.15) is 16.8 Å². The highest BCUT2D eigenvalue weighted by Crippen LogP contribution is 2.27. The Hall–Kier alpha value is -0.620. The molecule has 118 valence electrons. The highest BCUT2D eigenvalue weighted by molar-refractivity contribution is 9.10. The van der Waals surface area contributed by atoms with Gasteiger partial charge in [-0.15, -0.1) is 0 Å². The number of benzene rings is 1. The van der Waals surface area contributed by atoms with Crippen molar-refractivity contribution in [1.29, 1.82) is 0 Å². The molecule has 0 radical (unpaired) electrons. The predicted molar refractivity (Wildman–Crippen MR) is 90.1 cm³/mol. The van der Waals surface area contributed by atoms with Gasteiger partial charge in [0.15, 0.2) is 0 Å². The van der Waals surface area contributed by atoms with E-state index in [1.54, 1.807) is 18.1 Å². The Bertz CT molecular complexity index is 469. The highest BCUT2D eigenvalue weighted by atomic mass is 79.9. The molecule has 1 aromatic rings. The van der Waals surface area contributed by atoms with Crippen molar-refractivity contribution in [3.8, 4) is 0 Å². The van der Waals surface area contributed by atoms with E-state index >= 15 is 0 Å². The van der Waals surface area contributed by atoms with Crippen LogP contribution in [0.5, 0.6) is 0 Å². The van der Waals surface area contributed by atoms with E-state index in [2.05, 4.69) is 20.8 Å². The number of ether oxygens (including phenoxy) is 1. The van der Waals surface area contributed by atoms with Gasteiger partial charge in [0.25, 0.3) is 5.91 Å². The average molecular weight is 378 g/mol. The van der Waals surface area contributed by atoms with Crippen LogP contribution >= 0.6 is 27.5 Å². The third-order valence-electron chi connectivity index (χ3n) is 3.07. The number of rotatable bonds is 8. The van der Waals surface area contributed by atoms with Crippen LogP contribution in [0.15, 0.2) is 22.7 Å². The van der Waals surface area contributed by atoms with Crippen molar-refractivity contribution < 1.29 is 9.53 Å². The number of carbonyl (C=O) groups excluding carboxylic acids is 1. The SMILES string of the molecule is COCCN(CCCN(C)C)C(=O)c1cccc(Br)c1Cl. The van der Waals surface area contributed by atoms with E-state index in [-0.39, 0.29) is 5.91 Å². The number of hydrogen-bond acceptors (Lipinski definition) is 3. The number of methoxy groups -OCH3 is 1. The van der Waals surface area contributed by atoms with Crippen LogP contribution in [0.4, 0.5) is 0 Å². The first kappa shape index (κ1) is 18.4. The Morgan fingerprint density at radius 1 is 1.29 bits per heavy atom. The molecule has 0 aliphatic heterocycles. The molecule has 1 aromatic carbocycles. The fourth-order valence-corrected chi connectivity index (χ4v) is 2.51. The Labute approximate surface area is 140 Å². The van der Waals surface area contributed by atoms with Crippen LogP contribution in [0, 0.1) is 0 Å². The molecule has 0 spiro atoms. The van der Waals surface area contributed by atoms with Gasteiger partial charge in [0, 0.05) is 24.7 Å². The first-order valence-corrected chi connectivity index (χ1v) is 8.01. The molecule has 1 rings (SSSR count). The summed E-state index contributed by atoms with van der Waals surface area (Å²) in [7, 11) is 5.67. The molecule has 0 saturated carbocycles. The summed E-state index contributed by atoms with van der Waals surface area (Å²) in [6.07, 6.45) is 0.911. The van der Waals surface area contributed by atoms with Crippen molar-refractivity contribution in [1.82, 2.24) is 9.80 Å². The third-order valence-corrected chi connectivity index (χ3v) is 4.36. The summed E-state index contributed by atoms with van der Waals surface area (Å²) in [5.41, 5.74) is 0.520. The summed E-state index contributed by atoms with van der Waals surface area (Å²) in [6.45, 7) is 2.69. The number of amides is 1. The molecule has 0 aliphatic rings. The van der Waals surface area contributed by atoms with Gasteiger partial charge in [-0.3, -0.25) is 4.79 Å². The lowest BCUT2D eigenvalue weighted by molar-refractivity contribution is 0.0689. The summed E-state index contributed by atoms with van der Waals surface area (Å²) in [5, 5.41) is 0.456. The molecule has 6 heteroatoms. The topological polar surface area (TPSA) is 32.8 Å². The van der Waals surface area contributed by atoms with E-state index in [1.807, 2.05) is 26.2 Å². The highest BCUT2D eigenvalue weighted by Gasteiger charge is 2.19. The summed E-state index contributed by atoms with van der Waals surface area (Å²) in [6, 6.07) is 5.39. The minimum Gasteiger partial charge on any atom is -0.383 e. The Balaban J connectivity index is 2.80. The van der Waals surface area contributed by atoms with Crippen molar-refractivity contribution in [2.45, 2.75) is 6.42 Å². The smallest absolute Gasteiger partial charge is 0.255 e. The van der Waals surface area contributed by atoms with Gasteiger partial charge >= 0.3 is 0 Å². The second kappa shape index (κ2) is 9.41. The molecule has 0 saturated heterocycles. The minimum atomic E-state index is -0.0582. The van der Waals surface area contributed by atoms with Gasteiger partial charge in [-0.05, 0) is 55.1 Å². The molecule has 0 aromatic heterocycles. The second-order valence-corrected chi connectivity index (χ2v) is 6.28.